The van der Waals surface area contributed by atoms with E-state index in [2.05, 4.69) is 24.5 Å². The molecule has 0 radical (unpaired) electrons. The summed E-state index contributed by atoms with van der Waals surface area (Å²) >= 11 is 0. The number of rotatable bonds is 5. The van der Waals surface area contributed by atoms with Crippen LogP contribution in [0.2, 0.25) is 0 Å². The van der Waals surface area contributed by atoms with Crippen LogP contribution in [0.5, 0.6) is 5.75 Å². The van der Waals surface area contributed by atoms with Gasteiger partial charge in [0.05, 0.1) is 6.61 Å². The summed E-state index contributed by atoms with van der Waals surface area (Å²) in [6.45, 7) is 6.83. The zero-order valence-electron chi connectivity index (χ0n) is 12.7. The van der Waals surface area contributed by atoms with Crippen molar-refractivity contribution < 1.29 is 9.53 Å². The van der Waals surface area contributed by atoms with Crippen LogP contribution in [0.25, 0.3) is 0 Å². The van der Waals surface area contributed by atoms with Crippen LogP contribution < -0.4 is 15.4 Å². The molecule has 1 heterocycles. The number of hydrogen-bond acceptors (Lipinski definition) is 3. The Bertz CT molecular complexity index is 446. The molecule has 1 aliphatic heterocycles. The molecule has 0 aliphatic carbocycles. The van der Waals surface area contributed by atoms with Gasteiger partial charge in [-0.25, -0.2) is 0 Å². The first-order valence-electron chi connectivity index (χ1n) is 7.39. The van der Waals surface area contributed by atoms with Gasteiger partial charge in [-0.15, -0.1) is 12.4 Å². The van der Waals surface area contributed by atoms with Crippen LogP contribution in [0.3, 0.4) is 0 Å². The SMILES string of the molecule is CC(C)COc1cccc(C(=O)NC2CCNCC2)c1.Cl. The van der Waals surface area contributed by atoms with E-state index >= 15 is 0 Å². The van der Waals surface area contributed by atoms with Gasteiger partial charge < -0.3 is 15.4 Å². The summed E-state index contributed by atoms with van der Waals surface area (Å²) in [7, 11) is 0. The number of amides is 1. The lowest BCUT2D eigenvalue weighted by molar-refractivity contribution is 0.0929. The quantitative estimate of drug-likeness (QED) is 0.879. The number of piperidine rings is 1. The maximum atomic E-state index is 12.2. The van der Waals surface area contributed by atoms with Crippen molar-refractivity contribution in [2.24, 2.45) is 5.92 Å². The lowest BCUT2D eigenvalue weighted by atomic mass is 10.1. The van der Waals surface area contributed by atoms with Crippen molar-refractivity contribution in [3.8, 4) is 5.75 Å². The Labute approximate surface area is 133 Å². The average Bonchev–Trinajstić information content (AvgIpc) is 2.46. The van der Waals surface area contributed by atoms with Gasteiger partial charge in [-0.05, 0) is 50.0 Å². The third-order valence-electron chi connectivity index (χ3n) is 3.35. The molecule has 1 saturated heterocycles. The summed E-state index contributed by atoms with van der Waals surface area (Å²) in [4.78, 5) is 12.2. The zero-order chi connectivity index (χ0) is 14.4. The second-order valence-corrected chi connectivity index (χ2v) is 5.73. The van der Waals surface area contributed by atoms with Crippen LogP contribution in [0.15, 0.2) is 24.3 Å². The molecule has 21 heavy (non-hydrogen) atoms. The predicted octanol–water partition coefficient (Wildman–Crippen LogP) is 2.63. The summed E-state index contributed by atoms with van der Waals surface area (Å²) in [5, 5.41) is 6.39. The first kappa shape index (κ1) is 17.8. The molecule has 1 aromatic rings. The van der Waals surface area contributed by atoms with Gasteiger partial charge in [0.25, 0.3) is 5.91 Å². The highest BCUT2D eigenvalue weighted by molar-refractivity contribution is 5.94. The number of halogens is 1. The number of nitrogens with one attached hydrogen (secondary N) is 2. The molecule has 4 nitrogen and oxygen atoms in total. The molecule has 0 unspecified atom stereocenters. The van der Waals surface area contributed by atoms with Crippen LogP contribution in [0.4, 0.5) is 0 Å². The molecule has 0 bridgehead atoms. The fourth-order valence-electron chi connectivity index (χ4n) is 2.23. The van der Waals surface area contributed by atoms with Crippen LogP contribution in [-0.2, 0) is 0 Å². The molecule has 1 fully saturated rings. The molecule has 1 amide bonds. The average molecular weight is 313 g/mol. The standard InChI is InChI=1S/C16H24N2O2.ClH/c1-12(2)11-20-15-5-3-4-13(10-15)16(19)18-14-6-8-17-9-7-14;/h3-5,10,12,14,17H,6-9,11H2,1-2H3,(H,18,19);1H. The summed E-state index contributed by atoms with van der Waals surface area (Å²) in [5.74, 6) is 1.23. The van der Waals surface area contributed by atoms with Gasteiger partial charge in [-0.1, -0.05) is 19.9 Å². The molecular weight excluding hydrogens is 288 g/mol. The van der Waals surface area contributed by atoms with E-state index in [0.717, 1.165) is 31.7 Å². The molecule has 0 saturated carbocycles. The highest BCUT2D eigenvalue weighted by atomic mass is 35.5. The Balaban J connectivity index is 0.00000220. The zero-order valence-corrected chi connectivity index (χ0v) is 13.5. The molecule has 0 spiro atoms. The molecule has 118 valence electrons. The second-order valence-electron chi connectivity index (χ2n) is 5.73. The first-order valence-corrected chi connectivity index (χ1v) is 7.39. The van der Waals surface area contributed by atoms with E-state index in [0.29, 0.717) is 18.1 Å². The van der Waals surface area contributed by atoms with Crippen LogP contribution in [-0.4, -0.2) is 31.6 Å². The number of hydrogen-bond donors (Lipinski definition) is 2. The van der Waals surface area contributed by atoms with E-state index in [1.165, 1.54) is 0 Å². The topological polar surface area (TPSA) is 50.4 Å². The number of benzene rings is 1. The van der Waals surface area contributed by atoms with Crippen LogP contribution in [0.1, 0.15) is 37.0 Å². The maximum Gasteiger partial charge on any atom is 0.251 e. The van der Waals surface area contributed by atoms with Crippen LogP contribution in [0, 0.1) is 5.92 Å². The third kappa shape index (κ3) is 5.94. The van der Waals surface area contributed by atoms with Crippen molar-refractivity contribution in [2.75, 3.05) is 19.7 Å². The van der Waals surface area contributed by atoms with E-state index in [4.69, 9.17) is 4.74 Å². The molecule has 0 aromatic heterocycles. The molecule has 2 N–H and O–H groups in total. The van der Waals surface area contributed by atoms with Crippen molar-refractivity contribution in [1.29, 1.82) is 0 Å². The van der Waals surface area contributed by atoms with Gasteiger partial charge >= 0.3 is 0 Å². The largest absolute Gasteiger partial charge is 0.493 e. The molecule has 5 heteroatoms. The molecular formula is C16H25ClN2O2. The Hall–Kier alpha value is -1.26. The van der Waals surface area contributed by atoms with E-state index < -0.39 is 0 Å². The van der Waals surface area contributed by atoms with Crippen LogP contribution >= 0.6 is 12.4 Å². The first-order chi connectivity index (χ1) is 9.65. The summed E-state index contributed by atoms with van der Waals surface area (Å²) in [6, 6.07) is 7.69. The lowest BCUT2D eigenvalue weighted by Gasteiger charge is -2.23. The monoisotopic (exact) mass is 312 g/mol. The summed E-state index contributed by atoms with van der Waals surface area (Å²) in [6.07, 6.45) is 1.99. The molecule has 2 rings (SSSR count). The lowest BCUT2D eigenvalue weighted by Crippen LogP contribution is -2.42. The normalized spacial score (nSPS) is 15.4. The predicted molar refractivity (Wildman–Crippen MR) is 87.4 cm³/mol. The van der Waals surface area contributed by atoms with Gasteiger partial charge in [0.1, 0.15) is 5.75 Å². The van der Waals surface area contributed by atoms with Crippen molar-refractivity contribution in [1.82, 2.24) is 10.6 Å². The fraction of sp³-hybridized carbons (Fsp3) is 0.562. The van der Waals surface area contributed by atoms with E-state index in [9.17, 15) is 4.79 Å². The van der Waals surface area contributed by atoms with Crippen molar-refractivity contribution in [3.63, 3.8) is 0 Å². The third-order valence-corrected chi connectivity index (χ3v) is 3.35. The van der Waals surface area contributed by atoms with Gasteiger partial charge in [-0.2, -0.15) is 0 Å². The second kappa shape index (κ2) is 8.90. The minimum Gasteiger partial charge on any atom is -0.493 e. The van der Waals surface area contributed by atoms with Crippen molar-refractivity contribution >= 4 is 18.3 Å². The van der Waals surface area contributed by atoms with Gasteiger partial charge in [0, 0.05) is 11.6 Å². The van der Waals surface area contributed by atoms with Crippen molar-refractivity contribution in [3.05, 3.63) is 29.8 Å². The number of carbonyl (C=O) groups is 1. The van der Waals surface area contributed by atoms with E-state index in [1.54, 1.807) is 0 Å². The molecule has 0 atom stereocenters. The Kier molecular flexibility index (Phi) is 7.54. The molecule has 1 aromatic carbocycles. The fourth-order valence-corrected chi connectivity index (χ4v) is 2.23. The summed E-state index contributed by atoms with van der Waals surface area (Å²) in [5.41, 5.74) is 0.671. The highest BCUT2D eigenvalue weighted by Gasteiger charge is 2.16. The Morgan fingerprint density at radius 3 is 2.76 bits per heavy atom. The summed E-state index contributed by atoms with van der Waals surface area (Å²) < 4.78 is 5.66. The van der Waals surface area contributed by atoms with Crippen molar-refractivity contribution in [2.45, 2.75) is 32.7 Å². The Morgan fingerprint density at radius 1 is 1.38 bits per heavy atom. The Morgan fingerprint density at radius 2 is 2.10 bits per heavy atom. The number of ether oxygens (including phenoxy) is 1. The molecule has 1 aliphatic rings. The maximum absolute atomic E-state index is 12.2. The number of carbonyl (C=O) groups excluding carboxylic acids is 1. The van der Waals surface area contributed by atoms with E-state index in [1.807, 2.05) is 24.3 Å². The highest BCUT2D eigenvalue weighted by Crippen LogP contribution is 2.15. The van der Waals surface area contributed by atoms with Gasteiger partial charge in [0.15, 0.2) is 0 Å². The van der Waals surface area contributed by atoms with Gasteiger partial charge in [-0.3, -0.25) is 4.79 Å². The van der Waals surface area contributed by atoms with Gasteiger partial charge in [0.2, 0.25) is 0 Å². The smallest absolute Gasteiger partial charge is 0.251 e. The van der Waals surface area contributed by atoms with E-state index in [-0.39, 0.29) is 24.4 Å². The minimum atomic E-state index is -0.00750. The minimum absolute atomic E-state index is 0.